The maximum atomic E-state index is 12.1. The smallest absolute Gasteiger partial charge is 0.343 e. The third kappa shape index (κ3) is 2.19. The van der Waals surface area contributed by atoms with Crippen LogP contribution in [0.2, 0.25) is 0 Å². The average Bonchev–Trinajstić information content (AvgIpc) is 2.65. The van der Waals surface area contributed by atoms with Crippen LogP contribution in [0, 0.1) is 6.92 Å². The van der Waals surface area contributed by atoms with Crippen LogP contribution >= 0.6 is 0 Å². The predicted octanol–water partition coefficient (Wildman–Crippen LogP) is 5.68. The lowest BCUT2D eigenvalue weighted by molar-refractivity contribution is 0.477. The Morgan fingerprint density at radius 2 is 1.46 bits per heavy atom. The van der Waals surface area contributed by atoms with Crippen molar-refractivity contribution in [2.75, 3.05) is 4.90 Å². The van der Waals surface area contributed by atoms with Crippen molar-refractivity contribution in [1.82, 2.24) is 0 Å². The molecule has 1 aromatic heterocycles. The van der Waals surface area contributed by atoms with Gasteiger partial charge in [0.05, 0.1) is 16.8 Å². The van der Waals surface area contributed by atoms with Crippen LogP contribution < -0.4 is 15.3 Å². The van der Waals surface area contributed by atoms with E-state index in [1.165, 1.54) is 0 Å². The van der Waals surface area contributed by atoms with Crippen LogP contribution in [0.1, 0.15) is 5.76 Å². The van der Waals surface area contributed by atoms with Gasteiger partial charge >= 0.3 is 5.63 Å². The molecule has 0 spiro atoms. The summed E-state index contributed by atoms with van der Waals surface area (Å²) in [5.41, 5.74) is 2.58. The third-order valence-corrected chi connectivity index (χ3v) is 4.56. The van der Waals surface area contributed by atoms with Crippen LogP contribution in [-0.4, -0.2) is 0 Å². The predicted molar refractivity (Wildman–Crippen MR) is 102 cm³/mol. The number of hydrogen-bond donors (Lipinski definition) is 0. The highest BCUT2D eigenvalue weighted by molar-refractivity contribution is 5.91. The summed E-state index contributed by atoms with van der Waals surface area (Å²) in [6, 6.07) is 23.5. The Bertz CT molecular complexity index is 1160. The van der Waals surface area contributed by atoms with Crippen LogP contribution in [0.3, 0.4) is 0 Å². The number of benzene rings is 3. The number of fused-ring (bicyclic) bond motifs is 3. The van der Waals surface area contributed by atoms with Gasteiger partial charge in [-0.3, -0.25) is 0 Å². The maximum Gasteiger partial charge on any atom is 0.343 e. The normalized spacial score (nSPS) is 12.4. The van der Waals surface area contributed by atoms with E-state index in [0.29, 0.717) is 11.1 Å². The molecule has 0 saturated carbocycles. The lowest BCUT2D eigenvalue weighted by Crippen LogP contribution is -2.15. The number of rotatable bonds is 1. The summed E-state index contributed by atoms with van der Waals surface area (Å²) in [4.78, 5) is 14.2. The molecule has 0 radical (unpaired) electrons. The number of nitrogens with zero attached hydrogens (tertiary/aromatic N) is 1. The Morgan fingerprint density at radius 1 is 0.808 bits per heavy atom. The fourth-order valence-corrected chi connectivity index (χ4v) is 3.43. The Hall–Kier alpha value is -3.53. The van der Waals surface area contributed by atoms with Crippen molar-refractivity contribution < 1.29 is 9.15 Å². The molecule has 5 rings (SSSR count). The first-order valence-corrected chi connectivity index (χ1v) is 8.41. The molecule has 0 amide bonds. The van der Waals surface area contributed by atoms with Gasteiger partial charge in [0.1, 0.15) is 5.76 Å². The van der Waals surface area contributed by atoms with Crippen LogP contribution in [0.15, 0.2) is 82.0 Å². The second-order valence-corrected chi connectivity index (χ2v) is 6.29. The summed E-state index contributed by atoms with van der Waals surface area (Å²) < 4.78 is 11.2. The van der Waals surface area contributed by atoms with Crippen LogP contribution in [-0.2, 0) is 0 Å². The fourth-order valence-electron chi connectivity index (χ4n) is 3.43. The summed E-state index contributed by atoms with van der Waals surface area (Å²) in [7, 11) is 0. The molecule has 0 aliphatic carbocycles. The van der Waals surface area contributed by atoms with Gasteiger partial charge < -0.3 is 14.1 Å². The molecule has 0 unspecified atom stereocenters. The van der Waals surface area contributed by atoms with E-state index in [9.17, 15) is 4.79 Å². The van der Waals surface area contributed by atoms with E-state index >= 15 is 0 Å². The van der Waals surface area contributed by atoms with Crippen LogP contribution in [0.25, 0.3) is 10.8 Å². The molecule has 2 heterocycles. The van der Waals surface area contributed by atoms with E-state index in [0.717, 1.165) is 33.9 Å². The van der Waals surface area contributed by atoms with Crippen LogP contribution in [0.5, 0.6) is 11.5 Å². The quantitative estimate of drug-likeness (QED) is 0.393. The maximum absolute atomic E-state index is 12.1. The Labute approximate surface area is 149 Å². The summed E-state index contributed by atoms with van der Waals surface area (Å²) in [5, 5.41) is 1.44. The molecule has 4 nitrogen and oxygen atoms in total. The van der Waals surface area contributed by atoms with E-state index in [1.54, 1.807) is 6.92 Å². The molecule has 4 aromatic rings. The van der Waals surface area contributed by atoms with Crippen molar-refractivity contribution in [2.24, 2.45) is 0 Å². The number of para-hydroxylation sites is 4. The molecule has 0 bridgehead atoms. The Balaban J connectivity index is 1.78. The summed E-state index contributed by atoms with van der Waals surface area (Å²) in [5.74, 6) is 2.20. The van der Waals surface area contributed by atoms with Crippen molar-refractivity contribution in [3.63, 3.8) is 0 Å². The molecular weight excluding hydrogens is 326 g/mol. The van der Waals surface area contributed by atoms with Gasteiger partial charge in [0.25, 0.3) is 0 Å². The number of anilines is 3. The lowest BCUT2D eigenvalue weighted by Gasteiger charge is -2.32. The molecule has 0 N–H and O–H groups in total. The molecule has 1 aliphatic heterocycles. The van der Waals surface area contributed by atoms with Gasteiger partial charge in [-0.25, -0.2) is 4.79 Å². The van der Waals surface area contributed by atoms with E-state index in [2.05, 4.69) is 4.90 Å². The largest absolute Gasteiger partial charge is 0.453 e. The third-order valence-electron chi connectivity index (χ3n) is 4.56. The highest BCUT2D eigenvalue weighted by Gasteiger charge is 2.25. The van der Waals surface area contributed by atoms with Gasteiger partial charge in [-0.05, 0) is 60.8 Å². The summed E-state index contributed by atoms with van der Waals surface area (Å²) >= 11 is 0. The molecule has 0 fully saturated rings. The van der Waals surface area contributed by atoms with E-state index in [1.807, 2.05) is 72.8 Å². The van der Waals surface area contributed by atoms with Crippen molar-refractivity contribution in [3.05, 3.63) is 89.0 Å². The zero-order valence-electron chi connectivity index (χ0n) is 14.1. The van der Waals surface area contributed by atoms with Gasteiger partial charge in [0.2, 0.25) is 0 Å². The number of ether oxygens (including phenoxy) is 1. The monoisotopic (exact) mass is 341 g/mol. The van der Waals surface area contributed by atoms with Crippen molar-refractivity contribution in [1.29, 1.82) is 0 Å². The lowest BCUT2D eigenvalue weighted by atomic mass is 10.1. The first-order chi connectivity index (χ1) is 12.7. The van der Waals surface area contributed by atoms with Gasteiger partial charge in [-0.2, -0.15) is 0 Å². The van der Waals surface area contributed by atoms with E-state index in [4.69, 9.17) is 9.15 Å². The molecule has 26 heavy (non-hydrogen) atoms. The molecule has 0 atom stereocenters. The van der Waals surface area contributed by atoms with Gasteiger partial charge in [0, 0.05) is 5.69 Å². The number of hydrogen-bond acceptors (Lipinski definition) is 4. The van der Waals surface area contributed by atoms with E-state index in [-0.39, 0.29) is 5.63 Å². The first kappa shape index (κ1) is 14.8. The zero-order chi connectivity index (χ0) is 17.7. The van der Waals surface area contributed by atoms with Gasteiger partial charge in [-0.15, -0.1) is 0 Å². The average molecular weight is 341 g/mol. The summed E-state index contributed by atoms with van der Waals surface area (Å²) in [6.45, 7) is 1.78. The van der Waals surface area contributed by atoms with Crippen molar-refractivity contribution in [2.45, 2.75) is 6.92 Å². The highest BCUT2D eigenvalue weighted by Crippen LogP contribution is 2.50. The molecule has 0 saturated heterocycles. The number of aryl methyl sites for hydroxylation is 1. The van der Waals surface area contributed by atoms with Crippen LogP contribution in [0.4, 0.5) is 17.1 Å². The van der Waals surface area contributed by atoms with Crippen molar-refractivity contribution >= 4 is 27.8 Å². The fraction of sp³-hybridized carbons (Fsp3) is 0.0455. The minimum atomic E-state index is -0.311. The Kier molecular flexibility index (Phi) is 3.12. The first-order valence-electron chi connectivity index (χ1n) is 8.41. The standard InChI is InChI=1S/C22H15NO3/c1-14-12-15-13-16(10-11-17(15)22(24)25-14)23-18-6-2-4-8-20(18)26-21-9-5-3-7-19(21)23/h2-13H,1H3. The minimum absolute atomic E-state index is 0.311. The topological polar surface area (TPSA) is 42.7 Å². The van der Waals surface area contributed by atoms with E-state index < -0.39 is 0 Å². The highest BCUT2D eigenvalue weighted by atomic mass is 16.5. The minimum Gasteiger partial charge on any atom is -0.453 e. The molecular formula is C22H15NO3. The van der Waals surface area contributed by atoms with Gasteiger partial charge in [0.15, 0.2) is 11.5 Å². The SMILES string of the molecule is Cc1cc2cc(N3c4ccccc4Oc4ccccc43)ccc2c(=O)o1. The van der Waals surface area contributed by atoms with Gasteiger partial charge in [-0.1, -0.05) is 24.3 Å². The zero-order valence-corrected chi connectivity index (χ0v) is 14.1. The Morgan fingerprint density at radius 3 is 2.15 bits per heavy atom. The molecule has 126 valence electrons. The molecule has 4 heteroatoms. The molecule has 3 aromatic carbocycles. The molecule has 1 aliphatic rings. The summed E-state index contributed by atoms with van der Waals surface area (Å²) in [6.07, 6.45) is 0. The second-order valence-electron chi connectivity index (χ2n) is 6.29. The second kappa shape index (κ2) is 5.49. The van der Waals surface area contributed by atoms with Crippen molar-refractivity contribution in [3.8, 4) is 11.5 Å².